The Balaban J connectivity index is 2.92. The molecule has 0 radical (unpaired) electrons. The second-order valence-corrected chi connectivity index (χ2v) is 3.57. The Hall–Kier alpha value is -1.16. The van der Waals surface area contributed by atoms with E-state index in [0.29, 0.717) is 18.8 Å². The molecule has 1 N–H and O–H groups in total. The van der Waals surface area contributed by atoms with Crippen molar-refractivity contribution in [1.82, 2.24) is 9.55 Å². The van der Waals surface area contributed by atoms with Crippen LogP contribution in [0.5, 0.6) is 0 Å². The van der Waals surface area contributed by atoms with Gasteiger partial charge in [0.15, 0.2) is 0 Å². The molecule has 1 aromatic heterocycles. The average Bonchev–Trinajstić information content (AvgIpc) is 2.01. The lowest BCUT2D eigenvalue weighted by molar-refractivity contribution is 0.177. The molecule has 4 heteroatoms. The van der Waals surface area contributed by atoms with Crippen LogP contribution in [0.15, 0.2) is 10.9 Å². The summed E-state index contributed by atoms with van der Waals surface area (Å²) in [7, 11) is 0. The summed E-state index contributed by atoms with van der Waals surface area (Å²) >= 11 is 0. The van der Waals surface area contributed by atoms with E-state index in [1.165, 1.54) is 6.07 Å². The molecule has 0 aliphatic heterocycles. The number of nitrogens with zero attached hydrogens (tertiary/aromatic N) is 2. The van der Waals surface area contributed by atoms with Gasteiger partial charge in [-0.15, -0.1) is 0 Å². The fraction of sp³-hybridized carbons (Fsp3) is 0.600. The molecule has 0 bridgehead atoms. The van der Waals surface area contributed by atoms with E-state index < -0.39 is 0 Å². The summed E-state index contributed by atoms with van der Waals surface area (Å²) < 4.78 is 1.58. The molecular formula is C10H16N2O2. The highest BCUT2D eigenvalue weighted by molar-refractivity contribution is 5.01. The van der Waals surface area contributed by atoms with Crippen LogP contribution < -0.4 is 5.56 Å². The summed E-state index contributed by atoms with van der Waals surface area (Å²) in [6.45, 7) is 5.83. The van der Waals surface area contributed by atoms with Gasteiger partial charge in [-0.1, -0.05) is 0 Å². The molecule has 4 nitrogen and oxygen atoms in total. The zero-order chi connectivity index (χ0) is 10.7. The van der Waals surface area contributed by atoms with Crippen molar-refractivity contribution in [3.8, 4) is 0 Å². The maximum Gasteiger partial charge on any atom is 0.253 e. The first-order chi connectivity index (χ1) is 6.50. The van der Waals surface area contributed by atoms with Crippen molar-refractivity contribution in [1.29, 1.82) is 0 Å². The fourth-order valence-electron chi connectivity index (χ4n) is 1.35. The van der Waals surface area contributed by atoms with Crippen molar-refractivity contribution < 1.29 is 5.11 Å². The maximum absolute atomic E-state index is 11.5. The molecule has 0 saturated carbocycles. The van der Waals surface area contributed by atoms with E-state index in [1.807, 2.05) is 0 Å². The summed E-state index contributed by atoms with van der Waals surface area (Å²) in [6, 6.07) is 1.51. The van der Waals surface area contributed by atoms with Crippen LogP contribution in [0.3, 0.4) is 0 Å². The van der Waals surface area contributed by atoms with Gasteiger partial charge in [-0.3, -0.25) is 9.36 Å². The number of rotatable bonds is 3. The van der Waals surface area contributed by atoms with Crippen LogP contribution in [-0.4, -0.2) is 20.8 Å². The molecule has 1 heterocycles. The molecule has 1 rings (SSSR count). The summed E-state index contributed by atoms with van der Waals surface area (Å²) in [5.74, 6) is 0.704. The van der Waals surface area contributed by atoms with Gasteiger partial charge in [-0.25, -0.2) is 4.98 Å². The highest BCUT2D eigenvalue weighted by Crippen LogP contribution is 1.97. The first kappa shape index (κ1) is 10.9. The van der Waals surface area contributed by atoms with Crippen LogP contribution in [0.2, 0.25) is 0 Å². The monoisotopic (exact) mass is 196 g/mol. The van der Waals surface area contributed by atoms with Gasteiger partial charge in [0.1, 0.15) is 5.82 Å². The van der Waals surface area contributed by atoms with Gasteiger partial charge in [-0.05, 0) is 27.2 Å². The molecule has 0 aliphatic rings. The Morgan fingerprint density at radius 1 is 1.57 bits per heavy atom. The SMILES string of the molecule is Cc1cc(=O)n(CCC(C)O)c(C)n1. The zero-order valence-corrected chi connectivity index (χ0v) is 8.82. The lowest BCUT2D eigenvalue weighted by Crippen LogP contribution is -2.25. The molecule has 1 unspecified atom stereocenters. The highest BCUT2D eigenvalue weighted by atomic mass is 16.3. The molecule has 0 aromatic carbocycles. The molecular weight excluding hydrogens is 180 g/mol. The predicted molar refractivity (Wildman–Crippen MR) is 54.3 cm³/mol. The Morgan fingerprint density at radius 2 is 2.21 bits per heavy atom. The highest BCUT2D eigenvalue weighted by Gasteiger charge is 2.03. The molecule has 0 fully saturated rings. The third-order valence-electron chi connectivity index (χ3n) is 2.10. The second kappa shape index (κ2) is 4.37. The number of aromatic nitrogens is 2. The van der Waals surface area contributed by atoms with Crippen LogP contribution in [0.4, 0.5) is 0 Å². The van der Waals surface area contributed by atoms with Gasteiger partial charge in [0.05, 0.1) is 6.10 Å². The predicted octanol–water partition coefficient (Wildman–Crippen LogP) is 0.631. The molecule has 14 heavy (non-hydrogen) atoms. The standard InChI is InChI=1S/C10H16N2O2/c1-7-6-10(14)12(9(3)11-7)5-4-8(2)13/h6,8,13H,4-5H2,1-3H3. The van der Waals surface area contributed by atoms with E-state index in [1.54, 1.807) is 25.3 Å². The van der Waals surface area contributed by atoms with Crippen LogP contribution >= 0.6 is 0 Å². The molecule has 78 valence electrons. The van der Waals surface area contributed by atoms with Gasteiger partial charge in [0.25, 0.3) is 5.56 Å². The molecule has 0 amide bonds. The lowest BCUT2D eigenvalue weighted by atomic mass is 10.3. The molecule has 0 aliphatic carbocycles. The van der Waals surface area contributed by atoms with Crippen LogP contribution in [0.1, 0.15) is 24.9 Å². The summed E-state index contributed by atoms with van der Waals surface area (Å²) in [5.41, 5.74) is 0.691. The first-order valence-corrected chi connectivity index (χ1v) is 4.74. The van der Waals surface area contributed by atoms with Crippen molar-refractivity contribution in [2.24, 2.45) is 0 Å². The molecule has 0 saturated heterocycles. The van der Waals surface area contributed by atoms with Crippen molar-refractivity contribution in [2.45, 2.75) is 39.8 Å². The number of aryl methyl sites for hydroxylation is 2. The van der Waals surface area contributed by atoms with Crippen molar-refractivity contribution in [3.63, 3.8) is 0 Å². The van der Waals surface area contributed by atoms with Gasteiger partial charge in [0, 0.05) is 18.3 Å². The maximum atomic E-state index is 11.5. The smallest absolute Gasteiger partial charge is 0.253 e. The number of hydrogen-bond donors (Lipinski definition) is 1. The second-order valence-electron chi connectivity index (χ2n) is 3.57. The van der Waals surface area contributed by atoms with E-state index in [0.717, 1.165) is 5.69 Å². The van der Waals surface area contributed by atoms with E-state index in [9.17, 15) is 4.79 Å². The number of aliphatic hydroxyl groups excluding tert-OH is 1. The Morgan fingerprint density at radius 3 is 2.71 bits per heavy atom. The zero-order valence-electron chi connectivity index (χ0n) is 8.82. The quantitative estimate of drug-likeness (QED) is 0.771. The van der Waals surface area contributed by atoms with E-state index in [4.69, 9.17) is 5.11 Å². The molecule has 0 spiro atoms. The fourth-order valence-corrected chi connectivity index (χ4v) is 1.35. The van der Waals surface area contributed by atoms with Crippen molar-refractivity contribution >= 4 is 0 Å². The largest absolute Gasteiger partial charge is 0.393 e. The molecule has 1 atom stereocenters. The average molecular weight is 196 g/mol. The summed E-state index contributed by atoms with van der Waals surface area (Å²) in [4.78, 5) is 15.7. The van der Waals surface area contributed by atoms with Crippen LogP contribution in [0.25, 0.3) is 0 Å². The molecule has 1 aromatic rings. The van der Waals surface area contributed by atoms with Crippen molar-refractivity contribution in [3.05, 3.63) is 27.9 Å². The van der Waals surface area contributed by atoms with Gasteiger partial charge in [-0.2, -0.15) is 0 Å². The minimum Gasteiger partial charge on any atom is -0.393 e. The topological polar surface area (TPSA) is 55.1 Å². The van der Waals surface area contributed by atoms with Crippen LogP contribution in [0, 0.1) is 13.8 Å². The Kier molecular flexibility index (Phi) is 3.41. The normalized spacial score (nSPS) is 12.9. The Labute approximate surface area is 83.2 Å². The van der Waals surface area contributed by atoms with Gasteiger partial charge in [0.2, 0.25) is 0 Å². The number of hydrogen-bond acceptors (Lipinski definition) is 3. The third-order valence-corrected chi connectivity index (χ3v) is 2.10. The van der Waals surface area contributed by atoms with Gasteiger partial charge < -0.3 is 5.11 Å². The summed E-state index contributed by atoms with van der Waals surface area (Å²) in [6.07, 6.45) is 0.188. The van der Waals surface area contributed by atoms with E-state index >= 15 is 0 Å². The minimum absolute atomic E-state index is 0.0457. The first-order valence-electron chi connectivity index (χ1n) is 4.74. The summed E-state index contributed by atoms with van der Waals surface area (Å²) in [5, 5.41) is 9.11. The lowest BCUT2D eigenvalue weighted by Gasteiger charge is -2.10. The van der Waals surface area contributed by atoms with Crippen LogP contribution in [-0.2, 0) is 6.54 Å². The minimum atomic E-state index is -0.386. The van der Waals surface area contributed by atoms with E-state index in [2.05, 4.69) is 4.98 Å². The number of aliphatic hydroxyl groups is 1. The van der Waals surface area contributed by atoms with Crippen molar-refractivity contribution in [2.75, 3.05) is 0 Å². The third kappa shape index (κ3) is 2.67. The Bertz CT molecular complexity index is 369. The van der Waals surface area contributed by atoms with E-state index in [-0.39, 0.29) is 11.7 Å². The van der Waals surface area contributed by atoms with Gasteiger partial charge >= 0.3 is 0 Å².